The minimum Gasteiger partial charge on any atom is -0.492 e. The zero-order chi connectivity index (χ0) is 29.1. The standard InChI is InChI=1S/C34H35FN2O4/c1-20-17-36-34(37-18-20)25-13-21(2)33(22(3)14-25)24-7-6-8-30(23(4)29(35)12-9-24)41-27-10-11-28-26(15-32(38)39-5)19-40-31(28)16-27/h9-14,16-18,26,30H,4,6-8,15,19H2,1-3,5H3/b24-9+,29-12+/t26-,30-/m1/s1. The zero-order valence-corrected chi connectivity index (χ0v) is 24.0. The first kappa shape index (κ1) is 28.3. The molecule has 0 radical (unpaired) electrons. The summed E-state index contributed by atoms with van der Waals surface area (Å²) < 4.78 is 32.2. The SMILES string of the molecule is C=C1/C(F)=C\C=C(\c2c(C)cc(-c3ncc(C)cn3)cc2C)CCC[C@H]1Oc1ccc2c(c1)OC[C@H]2CC(=O)OC. The van der Waals surface area contributed by atoms with Crippen LogP contribution in [0.1, 0.15) is 59.4 Å². The number of benzene rings is 2. The van der Waals surface area contributed by atoms with Crippen molar-refractivity contribution >= 4 is 11.5 Å². The quantitative estimate of drug-likeness (QED) is 0.293. The van der Waals surface area contributed by atoms with Gasteiger partial charge in [-0.2, -0.15) is 0 Å². The molecule has 1 aliphatic carbocycles. The van der Waals surface area contributed by atoms with Crippen molar-refractivity contribution in [1.82, 2.24) is 9.97 Å². The number of aryl methyl sites for hydroxylation is 3. The number of methoxy groups -OCH3 is 1. The first-order valence-corrected chi connectivity index (χ1v) is 13.9. The number of rotatable bonds is 6. The Hall–Kier alpha value is -4.26. The Bertz CT molecular complexity index is 1520. The number of allylic oxidation sites excluding steroid dienone is 3. The maximum Gasteiger partial charge on any atom is 0.306 e. The second kappa shape index (κ2) is 12.1. The Morgan fingerprint density at radius 3 is 2.54 bits per heavy atom. The van der Waals surface area contributed by atoms with E-state index < -0.39 is 11.9 Å². The highest BCUT2D eigenvalue weighted by Crippen LogP contribution is 2.40. The maximum atomic E-state index is 15.3. The largest absolute Gasteiger partial charge is 0.492 e. The minimum atomic E-state index is -0.521. The molecule has 1 aromatic heterocycles. The highest BCUT2D eigenvalue weighted by molar-refractivity contribution is 5.75. The molecular formula is C34H35FN2O4. The van der Waals surface area contributed by atoms with Crippen molar-refractivity contribution in [2.75, 3.05) is 13.7 Å². The Morgan fingerprint density at radius 2 is 1.83 bits per heavy atom. The van der Waals surface area contributed by atoms with Crippen LogP contribution < -0.4 is 9.47 Å². The molecule has 41 heavy (non-hydrogen) atoms. The summed E-state index contributed by atoms with van der Waals surface area (Å²) in [5, 5.41) is 0. The van der Waals surface area contributed by atoms with Crippen molar-refractivity contribution in [3.8, 4) is 22.9 Å². The average Bonchev–Trinajstić information content (AvgIpc) is 3.37. The lowest BCUT2D eigenvalue weighted by Gasteiger charge is -2.21. The highest BCUT2D eigenvalue weighted by atomic mass is 19.1. The van der Waals surface area contributed by atoms with Gasteiger partial charge in [-0.1, -0.05) is 18.7 Å². The van der Waals surface area contributed by atoms with E-state index in [4.69, 9.17) is 14.2 Å². The molecular weight excluding hydrogens is 519 g/mol. The van der Waals surface area contributed by atoms with Crippen molar-refractivity contribution in [2.24, 2.45) is 0 Å². The van der Waals surface area contributed by atoms with Crippen LogP contribution in [0.25, 0.3) is 17.0 Å². The van der Waals surface area contributed by atoms with Gasteiger partial charge >= 0.3 is 5.97 Å². The van der Waals surface area contributed by atoms with Crippen molar-refractivity contribution in [3.05, 3.63) is 101 Å². The molecule has 6 nitrogen and oxygen atoms in total. The fourth-order valence-electron chi connectivity index (χ4n) is 5.60. The van der Waals surface area contributed by atoms with Gasteiger partial charge in [-0.05, 0) is 92.1 Å². The topological polar surface area (TPSA) is 70.5 Å². The Balaban J connectivity index is 1.32. The van der Waals surface area contributed by atoms with Crippen LogP contribution in [0.4, 0.5) is 4.39 Å². The number of nitrogens with zero attached hydrogens (tertiary/aromatic N) is 2. The Morgan fingerprint density at radius 1 is 1.10 bits per heavy atom. The van der Waals surface area contributed by atoms with E-state index in [0.717, 1.165) is 51.8 Å². The van der Waals surface area contributed by atoms with Crippen LogP contribution in [0.2, 0.25) is 0 Å². The summed E-state index contributed by atoms with van der Waals surface area (Å²) in [6, 6.07) is 9.75. The molecule has 0 saturated heterocycles. The number of fused-ring (bicyclic) bond motifs is 1. The molecule has 2 aliphatic rings. The molecule has 5 rings (SSSR count). The molecule has 2 heterocycles. The van der Waals surface area contributed by atoms with E-state index in [9.17, 15) is 4.79 Å². The first-order valence-electron chi connectivity index (χ1n) is 13.9. The summed E-state index contributed by atoms with van der Waals surface area (Å²) in [5.74, 6) is 1.22. The van der Waals surface area contributed by atoms with Crippen molar-refractivity contribution in [1.29, 1.82) is 0 Å². The van der Waals surface area contributed by atoms with E-state index in [1.807, 2.05) is 43.6 Å². The van der Waals surface area contributed by atoms with E-state index in [-0.39, 0.29) is 18.3 Å². The molecule has 0 amide bonds. The number of carbonyl (C=O) groups excluding carboxylic acids is 1. The van der Waals surface area contributed by atoms with Crippen LogP contribution in [0.15, 0.2) is 72.9 Å². The lowest BCUT2D eigenvalue weighted by molar-refractivity contribution is -0.141. The van der Waals surface area contributed by atoms with Gasteiger partial charge in [0.1, 0.15) is 23.4 Å². The summed E-state index contributed by atoms with van der Waals surface area (Å²) in [5.41, 5.74) is 7.62. The van der Waals surface area contributed by atoms with E-state index >= 15 is 4.39 Å². The van der Waals surface area contributed by atoms with Gasteiger partial charge in [0.15, 0.2) is 5.82 Å². The zero-order valence-electron chi connectivity index (χ0n) is 24.0. The normalized spacial score (nSPS) is 21.2. The molecule has 0 bridgehead atoms. The molecule has 0 unspecified atom stereocenters. The van der Waals surface area contributed by atoms with Gasteiger partial charge < -0.3 is 14.2 Å². The number of esters is 1. The molecule has 2 atom stereocenters. The van der Waals surface area contributed by atoms with E-state index in [1.54, 1.807) is 0 Å². The van der Waals surface area contributed by atoms with Crippen LogP contribution in [-0.2, 0) is 9.53 Å². The number of hydrogen-bond acceptors (Lipinski definition) is 6. The molecule has 0 fully saturated rings. The number of ether oxygens (including phenoxy) is 3. The summed E-state index contributed by atoms with van der Waals surface area (Å²) >= 11 is 0. The molecule has 212 valence electrons. The van der Waals surface area contributed by atoms with Crippen LogP contribution in [-0.4, -0.2) is 35.8 Å². The third-order valence-corrected chi connectivity index (χ3v) is 7.72. The molecule has 1 aliphatic heterocycles. The number of halogens is 1. The summed E-state index contributed by atoms with van der Waals surface area (Å²) in [6.45, 7) is 10.6. The van der Waals surface area contributed by atoms with Crippen molar-refractivity contribution in [3.63, 3.8) is 0 Å². The first-order chi connectivity index (χ1) is 19.7. The molecule has 7 heteroatoms. The Labute approximate surface area is 240 Å². The fourth-order valence-corrected chi connectivity index (χ4v) is 5.60. The van der Waals surface area contributed by atoms with E-state index in [0.29, 0.717) is 35.9 Å². The molecule has 0 spiro atoms. The van der Waals surface area contributed by atoms with E-state index in [2.05, 4.69) is 42.5 Å². The van der Waals surface area contributed by atoms with Crippen LogP contribution in [0, 0.1) is 20.8 Å². The third-order valence-electron chi connectivity index (χ3n) is 7.72. The number of hydrogen-bond donors (Lipinski definition) is 0. The van der Waals surface area contributed by atoms with Crippen LogP contribution >= 0.6 is 0 Å². The lowest BCUT2D eigenvalue weighted by atomic mass is 9.90. The molecule has 0 N–H and O–H groups in total. The monoisotopic (exact) mass is 554 g/mol. The number of aromatic nitrogens is 2. The fraction of sp³-hybridized carbons (Fsp3) is 0.324. The van der Waals surface area contributed by atoms with Crippen molar-refractivity contribution < 1.29 is 23.4 Å². The highest BCUT2D eigenvalue weighted by Gasteiger charge is 2.28. The van der Waals surface area contributed by atoms with Gasteiger partial charge in [-0.3, -0.25) is 4.79 Å². The minimum absolute atomic E-state index is 0.0540. The Kier molecular flexibility index (Phi) is 8.34. The maximum absolute atomic E-state index is 15.3. The lowest BCUT2D eigenvalue weighted by Crippen LogP contribution is -2.19. The predicted octanol–water partition coefficient (Wildman–Crippen LogP) is 7.53. The van der Waals surface area contributed by atoms with Gasteiger partial charge in [0, 0.05) is 41.1 Å². The summed E-state index contributed by atoms with van der Waals surface area (Å²) in [6.07, 6.45) is 8.90. The summed E-state index contributed by atoms with van der Waals surface area (Å²) in [7, 11) is 1.38. The summed E-state index contributed by atoms with van der Waals surface area (Å²) in [4.78, 5) is 20.7. The van der Waals surface area contributed by atoms with Crippen LogP contribution in [0.5, 0.6) is 11.5 Å². The second-order valence-corrected chi connectivity index (χ2v) is 10.8. The van der Waals surface area contributed by atoms with Crippen molar-refractivity contribution in [2.45, 2.75) is 58.5 Å². The average molecular weight is 555 g/mol. The van der Waals surface area contributed by atoms with Gasteiger partial charge in [0.05, 0.1) is 20.1 Å². The van der Waals surface area contributed by atoms with Gasteiger partial charge in [0.2, 0.25) is 0 Å². The molecule has 2 aromatic carbocycles. The predicted molar refractivity (Wildman–Crippen MR) is 158 cm³/mol. The van der Waals surface area contributed by atoms with Gasteiger partial charge in [-0.15, -0.1) is 0 Å². The van der Waals surface area contributed by atoms with E-state index in [1.165, 1.54) is 13.2 Å². The smallest absolute Gasteiger partial charge is 0.306 e. The number of carbonyl (C=O) groups is 1. The molecule has 0 saturated carbocycles. The molecule has 3 aromatic rings. The second-order valence-electron chi connectivity index (χ2n) is 10.8. The van der Waals surface area contributed by atoms with Gasteiger partial charge in [-0.25, -0.2) is 14.4 Å². The van der Waals surface area contributed by atoms with Crippen LogP contribution in [0.3, 0.4) is 0 Å². The van der Waals surface area contributed by atoms with Gasteiger partial charge in [0.25, 0.3) is 0 Å². The third kappa shape index (κ3) is 6.24.